The molecule has 0 fully saturated rings. The van der Waals surface area contributed by atoms with E-state index in [1.807, 2.05) is 0 Å². The van der Waals surface area contributed by atoms with Gasteiger partial charge < -0.3 is 10.2 Å². The van der Waals surface area contributed by atoms with Gasteiger partial charge in [-0.3, -0.25) is 0 Å². The second-order valence-corrected chi connectivity index (χ2v) is 0.283. The molecule has 6 heavy (non-hydrogen) atoms. The third-order valence-electron chi connectivity index (χ3n) is 0. The van der Waals surface area contributed by atoms with Crippen molar-refractivity contribution in [3.05, 3.63) is 0 Å². The molecule has 3 nitrogen and oxygen atoms in total. The van der Waals surface area contributed by atoms with E-state index in [0.717, 1.165) is 0 Å². The van der Waals surface area contributed by atoms with Crippen molar-refractivity contribution in [2.24, 2.45) is 0 Å². The van der Waals surface area contributed by atoms with E-state index in [4.69, 9.17) is 15.0 Å². The van der Waals surface area contributed by atoms with Crippen molar-refractivity contribution in [2.75, 3.05) is 0 Å². The molecule has 1 unspecified atom stereocenters. The Morgan fingerprint density at radius 2 is 1.33 bits per heavy atom. The zero-order chi connectivity index (χ0) is 3.58. The van der Waals surface area contributed by atoms with E-state index in [1.165, 1.54) is 0 Å². The van der Waals surface area contributed by atoms with Gasteiger partial charge in [0.1, 0.15) is 0 Å². The van der Waals surface area contributed by atoms with Gasteiger partial charge in [0.2, 0.25) is 0 Å². The summed E-state index contributed by atoms with van der Waals surface area (Å²) in [6, 6.07) is 0. The number of hydrogen-bond acceptors (Lipinski definition) is 1. The first kappa shape index (κ1) is 15.8. The van der Waals surface area contributed by atoms with Crippen LogP contribution >= 0.6 is 0 Å². The Balaban J connectivity index is -0.0000000450. The van der Waals surface area contributed by atoms with Gasteiger partial charge in [0.05, 0.1) is 0 Å². The van der Waals surface area contributed by atoms with Gasteiger partial charge in [0.25, 0.3) is 0 Å². The molecule has 2 N–H and O–H groups in total. The summed E-state index contributed by atoms with van der Waals surface area (Å²) in [6.45, 7) is 0. The Bertz CT molecular complexity index is 33.8. The van der Waals surface area contributed by atoms with Gasteiger partial charge in [0, 0.05) is 0 Å². The van der Waals surface area contributed by atoms with Crippen molar-refractivity contribution in [3.63, 3.8) is 0 Å². The van der Waals surface area contributed by atoms with Crippen LogP contribution in [0.25, 0.3) is 0 Å². The van der Waals surface area contributed by atoms with Crippen molar-refractivity contribution < 1.29 is 15.0 Å². The normalized spacial score (nSPS) is 4.00. The predicted octanol–water partition coefficient (Wildman–Crippen LogP) is -1.61. The molecule has 0 heterocycles. The molecule has 0 spiro atoms. The molecular formula is CH6AsNaO3. The topological polar surface area (TPSA) is 57.5 Å². The second-order valence-electron chi connectivity index (χ2n) is 0.283. The third kappa shape index (κ3) is 103. The van der Waals surface area contributed by atoms with Crippen LogP contribution in [0, 0.1) is 0 Å². The zero-order valence-corrected chi connectivity index (χ0v) is 5.48. The number of carbonyl (C=O) groups is 1. The molecule has 0 radical (unpaired) electrons. The van der Waals surface area contributed by atoms with Crippen LogP contribution in [-0.4, -0.2) is 63.9 Å². The molecule has 0 rings (SSSR count). The average Bonchev–Trinajstić information content (AvgIpc) is 0.811. The predicted molar refractivity (Wildman–Crippen MR) is 27.7 cm³/mol. The van der Waals surface area contributed by atoms with E-state index < -0.39 is 6.16 Å². The average molecular weight is 164 g/mol. The molecule has 5 heteroatoms. The molecule has 0 aliphatic rings. The van der Waals surface area contributed by atoms with E-state index in [2.05, 4.69) is 0 Å². The summed E-state index contributed by atoms with van der Waals surface area (Å²) in [7, 11) is 0. The second kappa shape index (κ2) is 9.27. The fourth-order valence-electron chi connectivity index (χ4n) is 0. The Kier molecular flexibility index (Phi) is 24.5. The van der Waals surface area contributed by atoms with Gasteiger partial charge in [-0.15, -0.1) is 0 Å². The molecule has 0 aliphatic carbocycles. The zero-order valence-electron chi connectivity index (χ0n) is 2.51. The van der Waals surface area contributed by atoms with Crippen LogP contribution in [0.2, 0.25) is 0 Å². The van der Waals surface area contributed by atoms with Crippen LogP contribution in [0.5, 0.6) is 0 Å². The summed E-state index contributed by atoms with van der Waals surface area (Å²) in [5.41, 5.74) is 0. The maximum absolute atomic E-state index is 8.56. The summed E-state index contributed by atoms with van der Waals surface area (Å²) in [5.74, 6) is 0. The minimum absolute atomic E-state index is 0. The van der Waals surface area contributed by atoms with Gasteiger partial charge >= 0.3 is 53.7 Å². The Hall–Kier alpha value is 0.828. The van der Waals surface area contributed by atoms with Crippen molar-refractivity contribution >= 4 is 53.7 Å². The van der Waals surface area contributed by atoms with Crippen LogP contribution in [0.15, 0.2) is 0 Å². The Morgan fingerprint density at radius 1 is 1.33 bits per heavy atom. The third-order valence-corrected chi connectivity index (χ3v) is 0. The first-order valence-corrected chi connectivity index (χ1v) is 0.651. The van der Waals surface area contributed by atoms with Crippen LogP contribution in [0.4, 0.5) is 4.79 Å². The fraction of sp³-hybridized carbons (Fsp3) is 0. The molecule has 0 aromatic rings. The van der Waals surface area contributed by atoms with Gasteiger partial charge in [0.15, 0.2) is 0 Å². The molecule has 0 saturated carbocycles. The molecule has 0 saturated heterocycles. The van der Waals surface area contributed by atoms with Crippen LogP contribution < -0.4 is 0 Å². The maximum atomic E-state index is 8.56. The Labute approximate surface area is 68.3 Å². The van der Waals surface area contributed by atoms with Crippen molar-refractivity contribution in [1.29, 1.82) is 0 Å². The van der Waals surface area contributed by atoms with Gasteiger partial charge in [-0.25, -0.2) is 4.79 Å². The molecule has 0 aromatic heterocycles. The summed E-state index contributed by atoms with van der Waals surface area (Å²) >= 11 is 0. The van der Waals surface area contributed by atoms with Gasteiger partial charge in [-0.05, 0) is 0 Å². The van der Waals surface area contributed by atoms with Crippen LogP contribution in [0.1, 0.15) is 0 Å². The molecular weight excluding hydrogens is 158 g/mol. The van der Waals surface area contributed by atoms with Gasteiger partial charge in [-0.2, -0.15) is 0 Å². The monoisotopic (exact) mass is 164 g/mol. The molecule has 0 aliphatic heterocycles. The minimum atomic E-state index is -1.83. The number of rotatable bonds is 0. The van der Waals surface area contributed by atoms with Crippen LogP contribution in [0.3, 0.4) is 0 Å². The Morgan fingerprint density at radius 3 is 1.33 bits per heavy atom. The van der Waals surface area contributed by atoms with Crippen LogP contribution in [-0.2, 0) is 0 Å². The summed E-state index contributed by atoms with van der Waals surface area (Å²) in [4.78, 5) is 8.56. The molecule has 1 atom stereocenters. The van der Waals surface area contributed by atoms with E-state index in [9.17, 15) is 0 Å². The van der Waals surface area contributed by atoms with Crippen molar-refractivity contribution in [2.45, 2.75) is 0 Å². The summed E-state index contributed by atoms with van der Waals surface area (Å²) < 4.78 is 0. The first-order valence-electron chi connectivity index (χ1n) is 0.651. The SMILES string of the molecule is O=C(O)O.[AsH3].[NaH]. The van der Waals surface area contributed by atoms with E-state index >= 15 is 0 Å². The molecule has 0 amide bonds. The van der Waals surface area contributed by atoms with E-state index in [1.54, 1.807) is 0 Å². The first-order chi connectivity index (χ1) is 1.73. The molecule has 0 aromatic carbocycles. The molecule has 0 bridgehead atoms. The quantitative estimate of drug-likeness (QED) is 0.423. The van der Waals surface area contributed by atoms with Crippen molar-refractivity contribution in [3.8, 4) is 0 Å². The summed E-state index contributed by atoms with van der Waals surface area (Å²) in [6.07, 6.45) is -1.83. The number of carboxylic acid groups (broad SMARTS) is 2. The standard InChI is InChI=1S/CH2O3.AsH3.Na.H/c2-1(3)4;;;/h(H2,2,3,4);1H3;;. The van der Waals surface area contributed by atoms with Gasteiger partial charge in [-0.1, -0.05) is 0 Å². The van der Waals surface area contributed by atoms with E-state index in [-0.39, 0.29) is 47.5 Å². The summed E-state index contributed by atoms with van der Waals surface area (Å²) in [5, 5.41) is 13.9. The van der Waals surface area contributed by atoms with Crippen molar-refractivity contribution in [1.82, 2.24) is 0 Å². The number of hydrogen-bond donors (Lipinski definition) is 2. The van der Waals surface area contributed by atoms with E-state index in [0.29, 0.717) is 0 Å². The fourth-order valence-corrected chi connectivity index (χ4v) is 0. The molecule has 34 valence electrons.